The Bertz CT molecular complexity index is 220. The summed E-state index contributed by atoms with van der Waals surface area (Å²) in [5.41, 5.74) is 1.15. The average Bonchev–Trinajstić information content (AvgIpc) is 1.93. The molecule has 0 N–H and O–H groups in total. The second-order valence-corrected chi connectivity index (χ2v) is 2.84. The highest BCUT2D eigenvalue weighted by Crippen LogP contribution is 2.04. The predicted octanol–water partition coefficient (Wildman–Crippen LogP) is 0.127. The van der Waals surface area contributed by atoms with Crippen LogP contribution in [0.5, 0.6) is 5.88 Å². The molecule has 1 heterocycles. The second-order valence-electron chi connectivity index (χ2n) is 2.84. The summed E-state index contributed by atoms with van der Waals surface area (Å²) in [6, 6.07) is 3.88. The minimum absolute atomic E-state index is 0.199. The quantitative estimate of drug-likeness (QED) is 0.557. The number of ether oxygens (including phenoxy) is 1. The van der Waals surface area contributed by atoms with Gasteiger partial charge in [0.1, 0.15) is 7.85 Å². The number of rotatable bonds is 2. The van der Waals surface area contributed by atoms with E-state index >= 15 is 0 Å². The lowest BCUT2D eigenvalue weighted by Crippen LogP contribution is -2.09. The maximum absolute atomic E-state index is 5.36. The molecule has 0 saturated heterocycles. The molecule has 0 spiro atoms. The Balaban J connectivity index is 2.66. The molecule has 0 atom stereocenters. The van der Waals surface area contributed by atoms with Crippen molar-refractivity contribution in [3.63, 3.8) is 0 Å². The van der Waals surface area contributed by atoms with Crippen LogP contribution in [0.4, 0.5) is 0 Å². The normalized spacial score (nSPS) is 10.1. The van der Waals surface area contributed by atoms with Gasteiger partial charge in [-0.15, -0.1) is 0 Å². The molecule has 1 aromatic rings. The van der Waals surface area contributed by atoms with Gasteiger partial charge in [0.2, 0.25) is 5.88 Å². The fourth-order valence-electron chi connectivity index (χ4n) is 0.765. The minimum Gasteiger partial charge on any atom is -0.475 e. The third kappa shape index (κ3) is 2.62. The van der Waals surface area contributed by atoms with Gasteiger partial charge in [-0.05, 0) is 19.9 Å². The van der Waals surface area contributed by atoms with Crippen molar-refractivity contribution in [2.45, 2.75) is 20.0 Å². The van der Waals surface area contributed by atoms with Gasteiger partial charge in [-0.3, -0.25) is 0 Å². The number of pyridine rings is 1. The first-order valence-electron chi connectivity index (χ1n) is 3.78. The Hall–Kier alpha value is -0.985. The summed E-state index contributed by atoms with van der Waals surface area (Å²) in [6.07, 6.45) is 2.00. The Kier molecular flexibility index (Phi) is 2.52. The highest BCUT2D eigenvalue weighted by Gasteiger charge is 1.96. The summed E-state index contributed by atoms with van der Waals surface area (Å²) >= 11 is 0. The van der Waals surface area contributed by atoms with Crippen molar-refractivity contribution >= 4 is 13.3 Å². The van der Waals surface area contributed by atoms with Crippen LogP contribution in [0.15, 0.2) is 18.3 Å². The molecule has 0 unspecified atom stereocenters. The molecule has 0 aliphatic rings. The van der Waals surface area contributed by atoms with Crippen LogP contribution in [0.25, 0.3) is 0 Å². The standard InChI is InChI=1S/C8H12BNO/c1-6(2)11-8-4-3-7(9)5-10-8/h3-6H,9H2,1-2H3. The molecule has 3 heteroatoms. The van der Waals surface area contributed by atoms with Crippen molar-refractivity contribution in [1.82, 2.24) is 4.98 Å². The van der Waals surface area contributed by atoms with Gasteiger partial charge in [0.25, 0.3) is 0 Å². The van der Waals surface area contributed by atoms with Gasteiger partial charge in [0.05, 0.1) is 6.10 Å². The highest BCUT2D eigenvalue weighted by atomic mass is 16.5. The molecule has 0 radical (unpaired) electrons. The molecule has 1 rings (SSSR count). The zero-order valence-electron chi connectivity index (χ0n) is 7.16. The average molecular weight is 149 g/mol. The maximum atomic E-state index is 5.36. The molecule has 0 aromatic carbocycles. The lowest BCUT2D eigenvalue weighted by atomic mass is 9.99. The van der Waals surface area contributed by atoms with Gasteiger partial charge >= 0.3 is 0 Å². The van der Waals surface area contributed by atoms with E-state index in [-0.39, 0.29) is 6.10 Å². The molecule has 58 valence electrons. The van der Waals surface area contributed by atoms with Gasteiger partial charge in [0.15, 0.2) is 0 Å². The van der Waals surface area contributed by atoms with E-state index in [1.54, 1.807) is 6.20 Å². The van der Waals surface area contributed by atoms with E-state index in [1.807, 2.05) is 33.8 Å². The third-order valence-electron chi connectivity index (χ3n) is 1.24. The van der Waals surface area contributed by atoms with Crippen molar-refractivity contribution in [2.24, 2.45) is 0 Å². The summed E-state index contributed by atoms with van der Waals surface area (Å²) in [4.78, 5) is 4.10. The molecule has 0 saturated carbocycles. The molecule has 11 heavy (non-hydrogen) atoms. The third-order valence-corrected chi connectivity index (χ3v) is 1.24. The lowest BCUT2D eigenvalue weighted by Gasteiger charge is -2.07. The Morgan fingerprint density at radius 1 is 1.45 bits per heavy atom. The van der Waals surface area contributed by atoms with Crippen molar-refractivity contribution < 1.29 is 4.74 Å². The van der Waals surface area contributed by atoms with E-state index in [9.17, 15) is 0 Å². The summed E-state index contributed by atoms with van der Waals surface area (Å²) < 4.78 is 5.36. The van der Waals surface area contributed by atoms with Crippen LogP contribution in [0, 0.1) is 0 Å². The Morgan fingerprint density at radius 2 is 2.18 bits per heavy atom. The van der Waals surface area contributed by atoms with Crippen molar-refractivity contribution in [3.05, 3.63) is 18.3 Å². The topological polar surface area (TPSA) is 22.1 Å². The highest BCUT2D eigenvalue weighted by molar-refractivity contribution is 6.32. The molecule has 2 nitrogen and oxygen atoms in total. The fraction of sp³-hybridized carbons (Fsp3) is 0.375. The summed E-state index contributed by atoms with van der Waals surface area (Å²) in [7, 11) is 2.01. The van der Waals surface area contributed by atoms with Crippen LogP contribution in [0.3, 0.4) is 0 Å². The summed E-state index contributed by atoms with van der Waals surface area (Å²) in [5.74, 6) is 0.700. The minimum atomic E-state index is 0.199. The number of nitrogens with zero attached hydrogens (tertiary/aromatic N) is 1. The van der Waals surface area contributed by atoms with Crippen LogP contribution >= 0.6 is 0 Å². The smallest absolute Gasteiger partial charge is 0.213 e. The van der Waals surface area contributed by atoms with Crippen LogP contribution < -0.4 is 10.2 Å². The summed E-state index contributed by atoms with van der Waals surface area (Å²) in [6.45, 7) is 3.98. The zero-order chi connectivity index (χ0) is 8.27. The molecule has 0 bridgehead atoms. The van der Waals surface area contributed by atoms with Crippen molar-refractivity contribution in [2.75, 3.05) is 0 Å². The van der Waals surface area contributed by atoms with Crippen molar-refractivity contribution in [1.29, 1.82) is 0 Å². The van der Waals surface area contributed by atoms with Crippen molar-refractivity contribution in [3.8, 4) is 5.88 Å². The molecule has 0 fully saturated rings. The second kappa shape index (κ2) is 3.42. The van der Waals surface area contributed by atoms with Gasteiger partial charge < -0.3 is 4.74 Å². The Morgan fingerprint density at radius 3 is 2.64 bits per heavy atom. The van der Waals surface area contributed by atoms with Crippen LogP contribution in [0.1, 0.15) is 13.8 Å². The van der Waals surface area contributed by atoms with E-state index in [2.05, 4.69) is 4.98 Å². The van der Waals surface area contributed by atoms with Gasteiger partial charge in [-0.2, -0.15) is 0 Å². The largest absolute Gasteiger partial charge is 0.475 e. The first kappa shape index (κ1) is 8.11. The maximum Gasteiger partial charge on any atom is 0.213 e. The van der Waals surface area contributed by atoms with Gasteiger partial charge in [-0.1, -0.05) is 11.5 Å². The molecular formula is C8H12BNO. The van der Waals surface area contributed by atoms with E-state index in [4.69, 9.17) is 4.74 Å². The predicted molar refractivity (Wildman–Crippen MR) is 48.2 cm³/mol. The fourth-order valence-corrected chi connectivity index (χ4v) is 0.765. The SMILES string of the molecule is Bc1ccc(OC(C)C)nc1. The first-order valence-corrected chi connectivity index (χ1v) is 3.78. The molecule has 1 aromatic heterocycles. The molecule has 0 aliphatic heterocycles. The number of hydrogen-bond donors (Lipinski definition) is 0. The van der Waals surface area contributed by atoms with Crippen LogP contribution in [0.2, 0.25) is 0 Å². The van der Waals surface area contributed by atoms with Crippen LogP contribution in [-0.4, -0.2) is 18.9 Å². The zero-order valence-corrected chi connectivity index (χ0v) is 7.16. The van der Waals surface area contributed by atoms with Gasteiger partial charge in [0, 0.05) is 6.20 Å². The van der Waals surface area contributed by atoms with Gasteiger partial charge in [-0.25, -0.2) is 4.98 Å². The van der Waals surface area contributed by atoms with Crippen LogP contribution in [-0.2, 0) is 0 Å². The van der Waals surface area contributed by atoms with E-state index in [0.717, 1.165) is 5.46 Å². The Labute approximate surface area is 68.0 Å². The monoisotopic (exact) mass is 149 g/mol. The molecular weight excluding hydrogens is 137 g/mol. The molecule has 0 amide bonds. The number of hydrogen-bond acceptors (Lipinski definition) is 2. The first-order chi connectivity index (χ1) is 5.18. The van der Waals surface area contributed by atoms with E-state index in [0.29, 0.717) is 5.88 Å². The lowest BCUT2D eigenvalue weighted by molar-refractivity contribution is 0.233. The van der Waals surface area contributed by atoms with E-state index < -0.39 is 0 Å². The summed E-state index contributed by atoms with van der Waals surface area (Å²) in [5, 5.41) is 0. The molecule has 0 aliphatic carbocycles. The number of aromatic nitrogens is 1. The van der Waals surface area contributed by atoms with E-state index in [1.165, 1.54) is 0 Å².